The Balaban J connectivity index is 1.57. The van der Waals surface area contributed by atoms with Gasteiger partial charge < -0.3 is 15.4 Å². The van der Waals surface area contributed by atoms with Crippen molar-refractivity contribution >= 4 is 34.1 Å². The number of nitrogens with one attached hydrogen (secondary N) is 2. The summed E-state index contributed by atoms with van der Waals surface area (Å²) in [5.41, 5.74) is 1.85. The Bertz CT molecular complexity index is 855. The molecule has 3 aromatic rings. The van der Waals surface area contributed by atoms with Crippen LogP contribution in [0.25, 0.3) is 10.9 Å². The minimum Gasteiger partial charge on any atom is -0.480 e. The lowest BCUT2D eigenvalue weighted by molar-refractivity contribution is -0.141. The van der Waals surface area contributed by atoms with Crippen LogP contribution in [-0.2, 0) is 22.4 Å². The second kappa shape index (κ2) is 7.98. The van der Waals surface area contributed by atoms with Crippen molar-refractivity contribution < 1.29 is 14.7 Å². The van der Waals surface area contributed by atoms with Gasteiger partial charge in [0.05, 0.1) is 0 Å². The molecule has 6 heteroatoms. The summed E-state index contributed by atoms with van der Waals surface area (Å²) < 4.78 is 0. The molecule has 1 aromatic carbocycles. The summed E-state index contributed by atoms with van der Waals surface area (Å²) in [6.07, 6.45) is 3.95. The van der Waals surface area contributed by atoms with Crippen LogP contribution in [0.2, 0.25) is 0 Å². The van der Waals surface area contributed by atoms with Crippen LogP contribution in [0.1, 0.15) is 23.3 Å². The maximum Gasteiger partial charge on any atom is 0.326 e. The smallest absolute Gasteiger partial charge is 0.326 e. The first kappa shape index (κ1) is 17.2. The number of aryl methyl sites for hydroxylation is 1. The van der Waals surface area contributed by atoms with E-state index in [4.69, 9.17) is 0 Å². The van der Waals surface area contributed by atoms with E-state index in [2.05, 4.69) is 10.3 Å². The molecular formula is C19H20N2O3S. The Hall–Kier alpha value is -2.60. The molecular weight excluding hydrogens is 336 g/mol. The second-order valence-electron chi connectivity index (χ2n) is 5.95. The van der Waals surface area contributed by atoms with Crippen LogP contribution in [0.4, 0.5) is 0 Å². The van der Waals surface area contributed by atoms with Gasteiger partial charge in [-0.15, -0.1) is 11.3 Å². The standard InChI is InChI=1S/C19H20N2O3S/c22-18(9-3-5-14-6-4-10-25-14)21-17(19(23)24)11-13-12-20-16-8-2-1-7-15(13)16/h1-2,4,6-8,10,12,17,20H,3,5,9,11H2,(H,21,22)(H,23,24). The van der Waals surface area contributed by atoms with Crippen LogP contribution in [0, 0.1) is 0 Å². The fourth-order valence-corrected chi connectivity index (χ4v) is 3.62. The van der Waals surface area contributed by atoms with Gasteiger partial charge in [-0.2, -0.15) is 0 Å². The Morgan fingerprint density at radius 2 is 2.04 bits per heavy atom. The van der Waals surface area contributed by atoms with E-state index >= 15 is 0 Å². The summed E-state index contributed by atoms with van der Waals surface area (Å²) in [6.45, 7) is 0. The normalized spacial score (nSPS) is 12.2. The summed E-state index contributed by atoms with van der Waals surface area (Å²) in [4.78, 5) is 28.0. The number of hydrogen-bond acceptors (Lipinski definition) is 3. The van der Waals surface area contributed by atoms with Gasteiger partial charge in [0.15, 0.2) is 0 Å². The number of benzene rings is 1. The number of carbonyl (C=O) groups excluding carboxylic acids is 1. The first-order chi connectivity index (χ1) is 12.1. The van der Waals surface area contributed by atoms with Crippen molar-refractivity contribution in [2.45, 2.75) is 31.7 Å². The van der Waals surface area contributed by atoms with Crippen molar-refractivity contribution in [3.05, 3.63) is 58.4 Å². The first-order valence-electron chi connectivity index (χ1n) is 8.23. The molecule has 0 saturated carbocycles. The molecule has 0 aliphatic carbocycles. The van der Waals surface area contributed by atoms with Gasteiger partial charge in [-0.1, -0.05) is 24.3 Å². The maximum absolute atomic E-state index is 12.1. The zero-order valence-corrected chi connectivity index (χ0v) is 14.5. The SMILES string of the molecule is O=C(CCCc1cccs1)NC(Cc1c[nH]c2ccccc12)C(=O)O. The maximum atomic E-state index is 12.1. The molecule has 2 aromatic heterocycles. The third kappa shape index (κ3) is 4.48. The molecule has 3 rings (SSSR count). The number of hydrogen-bond donors (Lipinski definition) is 3. The number of amides is 1. The lowest BCUT2D eigenvalue weighted by Gasteiger charge is -2.14. The summed E-state index contributed by atoms with van der Waals surface area (Å²) in [6, 6.07) is 10.8. The van der Waals surface area contributed by atoms with Crippen molar-refractivity contribution in [1.29, 1.82) is 0 Å². The molecule has 1 unspecified atom stereocenters. The van der Waals surface area contributed by atoms with E-state index in [0.717, 1.165) is 22.9 Å². The van der Waals surface area contributed by atoms with Gasteiger partial charge in [0.25, 0.3) is 0 Å². The zero-order chi connectivity index (χ0) is 17.6. The molecule has 0 aliphatic heterocycles. The third-order valence-electron chi connectivity index (χ3n) is 4.14. The van der Waals surface area contributed by atoms with E-state index < -0.39 is 12.0 Å². The highest BCUT2D eigenvalue weighted by molar-refractivity contribution is 7.09. The van der Waals surface area contributed by atoms with Crippen molar-refractivity contribution in [2.75, 3.05) is 0 Å². The summed E-state index contributed by atoms with van der Waals surface area (Å²) in [7, 11) is 0. The molecule has 1 amide bonds. The molecule has 0 fully saturated rings. The predicted molar refractivity (Wildman–Crippen MR) is 98.8 cm³/mol. The topological polar surface area (TPSA) is 82.2 Å². The second-order valence-corrected chi connectivity index (χ2v) is 6.99. The molecule has 3 N–H and O–H groups in total. The number of H-pyrrole nitrogens is 1. The number of aliphatic carboxylic acids is 1. The molecule has 1 atom stereocenters. The Morgan fingerprint density at radius 3 is 2.80 bits per heavy atom. The summed E-state index contributed by atoms with van der Waals surface area (Å²) >= 11 is 1.67. The zero-order valence-electron chi connectivity index (χ0n) is 13.7. The van der Waals surface area contributed by atoms with E-state index in [0.29, 0.717) is 12.8 Å². The number of aromatic nitrogens is 1. The number of thiophene rings is 1. The molecule has 0 radical (unpaired) electrons. The minimum atomic E-state index is -1.02. The molecule has 0 aliphatic rings. The van der Waals surface area contributed by atoms with Gasteiger partial charge in [0, 0.05) is 34.8 Å². The lowest BCUT2D eigenvalue weighted by atomic mass is 10.0. The van der Waals surface area contributed by atoms with Crippen LogP contribution < -0.4 is 5.32 Å². The van der Waals surface area contributed by atoms with Crippen molar-refractivity contribution in [3.63, 3.8) is 0 Å². The highest BCUT2D eigenvalue weighted by Crippen LogP contribution is 2.19. The van der Waals surface area contributed by atoms with Crippen LogP contribution in [0.5, 0.6) is 0 Å². The van der Waals surface area contributed by atoms with E-state index in [-0.39, 0.29) is 12.3 Å². The molecule has 130 valence electrons. The molecule has 0 saturated heterocycles. The van der Waals surface area contributed by atoms with Crippen LogP contribution in [0.15, 0.2) is 48.0 Å². The van der Waals surface area contributed by atoms with Gasteiger partial charge in [0.1, 0.15) is 6.04 Å². The first-order valence-corrected chi connectivity index (χ1v) is 9.11. The Morgan fingerprint density at radius 1 is 1.20 bits per heavy atom. The summed E-state index contributed by atoms with van der Waals surface area (Å²) in [5, 5.41) is 15.1. The highest BCUT2D eigenvalue weighted by Gasteiger charge is 2.21. The quantitative estimate of drug-likeness (QED) is 0.579. The number of fused-ring (bicyclic) bond motifs is 1. The monoisotopic (exact) mass is 356 g/mol. The number of carbonyl (C=O) groups is 2. The number of rotatable bonds is 8. The molecule has 0 bridgehead atoms. The average molecular weight is 356 g/mol. The molecule has 0 spiro atoms. The fraction of sp³-hybridized carbons (Fsp3) is 0.263. The van der Waals surface area contributed by atoms with Gasteiger partial charge in [0.2, 0.25) is 5.91 Å². The van der Waals surface area contributed by atoms with Crippen LogP contribution >= 0.6 is 11.3 Å². The van der Waals surface area contributed by atoms with Gasteiger partial charge in [-0.25, -0.2) is 4.79 Å². The largest absolute Gasteiger partial charge is 0.480 e. The lowest BCUT2D eigenvalue weighted by Crippen LogP contribution is -2.42. The van der Waals surface area contributed by atoms with Crippen LogP contribution in [-0.4, -0.2) is 28.0 Å². The molecule has 25 heavy (non-hydrogen) atoms. The number of carboxylic acids is 1. The third-order valence-corrected chi connectivity index (χ3v) is 5.08. The van der Waals surface area contributed by atoms with Crippen molar-refractivity contribution in [3.8, 4) is 0 Å². The highest BCUT2D eigenvalue weighted by atomic mass is 32.1. The number of carboxylic acid groups (broad SMARTS) is 1. The van der Waals surface area contributed by atoms with E-state index in [1.54, 1.807) is 11.3 Å². The van der Waals surface area contributed by atoms with Crippen molar-refractivity contribution in [1.82, 2.24) is 10.3 Å². The number of aromatic amines is 1. The molecule has 5 nitrogen and oxygen atoms in total. The van der Waals surface area contributed by atoms with Gasteiger partial charge in [-0.05, 0) is 35.9 Å². The van der Waals surface area contributed by atoms with Crippen molar-refractivity contribution in [2.24, 2.45) is 0 Å². The van der Waals surface area contributed by atoms with E-state index in [1.165, 1.54) is 4.88 Å². The van der Waals surface area contributed by atoms with E-state index in [1.807, 2.05) is 48.0 Å². The number of para-hydroxylation sites is 1. The van der Waals surface area contributed by atoms with E-state index in [9.17, 15) is 14.7 Å². The Labute approximate surface area is 149 Å². The Kier molecular flexibility index (Phi) is 5.50. The molecule has 2 heterocycles. The van der Waals surface area contributed by atoms with Gasteiger partial charge in [-0.3, -0.25) is 4.79 Å². The minimum absolute atomic E-state index is 0.219. The van der Waals surface area contributed by atoms with Gasteiger partial charge >= 0.3 is 5.97 Å². The van der Waals surface area contributed by atoms with Crippen LogP contribution in [0.3, 0.4) is 0 Å². The predicted octanol–water partition coefficient (Wildman–Crippen LogP) is 3.36. The average Bonchev–Trinajstić information content (AvgIpc) is 3.24. The fourth-order valence-electron chi connectivity index (χ4n) is 2.86. The summed E-state index contributed by atoms with van der Waals surface area (Å²) in [5.74, 6) is -1.24.